The van der Waals surface area contributed by atoms with Crippen LogP contribution in [0.15, 0.2) is 53.8 Å². The van der Waals surface area contributed by atoms with Crippen molar-refractivity contribution >= 4 is 29.9 Å². The van der Waals surface area contributed by atoms with E-state index >= 15 is 0 Å². The van der Waals surface area contributed by atoms with Crippen LogP contribution in [0, 0.1) is 0 Å². The summed E-state index contributed by atoms with van der Waals surface area (Å²) in [4.78, 5) is 4.22. The average Bonchev–Trinajstić information content (AvgIpc) is 3.12. The molecule has 2 N–H and O–H groups in total. The maximum Gasteiger partial charge on any atom is 0.191 e. The standard InChI is InChI=1S/C18H26N4O2.HI/c1-15(24-17-8-6-16(23-3)7-9-17)14-21-18(19-2)20-10-13-22-11-4-5-12-22;/h4-9,11-12,15H,10,13-14H2,1-3H3,(H2,19,20,21);1H. The number of nitrogens with zero attached hydrogens (tertiary/aromatic N) is 2. The summed E-state index contributed by atoms with van der Waals surface area (Å²) in [5.74, 6) is 2.41. The highest BCUT2D eigenvalue weighted by atomic mass is 127. The number of ether oxygens (including phenoxy) is 2. The van der Waals surface area contributed by atoms with E-state index < -0.39 is 0 Å². The van der Waals surface area contributed by atoms with Gasteiger partial charge < -0.3 is 24.7 Å². The summed E-state index contributed by atoms with van der Waals surface area (Å²) in [5, 5.41) is 6.56. The predicted molar refractivity (Wildman–Crippen MR) is 112 cm³/mol. The number of methoxy groups -OCH3 is 1. The van der Waals surface area contributed by atoms with Crippen molar-refractivity contribution < 1.29 is 9.47 Å². The molecule has 2 rings (SSSR count). The summed E-state index contributed by atoms with van der Waals surface area (Å²) in [7, 11) is 3.41. The first kappa shape index (κ1) is 21.1. The summed E-state index contributed by atoms with van der Waals surface area (Å²) in [5.41, 5.74) is 0. The van der Waals surface area contributed by atoms with Crippen molar-refractivity contribution in [3.63, 3.8) is 0 Å². The van der Waals surface area contributed by atoms with E-state index in [0.29, 0.717) is 6.54 Å². The number of benzene rings is 1. The molecule has 1 aromatic heterocycles. The maximum atomic E-state index is 5.87. The van der Waals surface area contributed by atoms with Crippen LogP contribution in [0.5, 0.6) is 11.5 Å². The molecule has 0 saturated carbocycles. The number of hydrogen-bond donors (Lipinski definition) is 2. The molecule has 1 aromatic carbocycles. The fraction of sp³-hybridized carbons (Fsp3) is 0.389. The van der Waals surface area contributed by atoms with Crippen LogP contribution in [0.2, 0.25) is 0 Å². The minimum absolute atomic E-state index is 0. The number of halogens is 1. The minimum atomic E-state index is 0. The summed E-state index contributed by atoms with van der Waals surface area (Å²) in [6, 6.07) is 11.6. The Hall–Kier alpha value is -1.90. The predicted octanol–water partition coefficient (Wildman–Crippen LogP) is 2.75. The SMILES string of the molecule is CN=C(NCCn1cccc1)NCC(C)Oc1ccc(OC)cc1.I. The van der Waals surface area contributed by atoms with Crippen molar-refractivity contribution in [1.29, 1.82) is 0 Å². The van der Waals surface area contributed by atoms with Gasteiger partial charge in [0.1, 0.15) is 17.6 Å². The first-order valence-corrected chi connectivity index (χ1v) is 8.07. The van der Waals surface area contributed by atoms with Gasteiger partial charge in [0.05, 0.1) is 13.7 Å². The lowest BCUT2D eigenvalue weighted by molar-refractivity contribution is 0.223. The maximum absolute atomic E-state index is 5.87. The Labute approximate surface area is 166 Å². The highest BCUT2D eigenvalue weighted by Gasteiger charge is 2.06. The fourth-order valence-corrected chi connectivity index (χ4v) is 2.21. The average molecular weight is 458 g/mol. The zero-order chi connectivity index (χ0) is 17.2. The lowest BCUT2D eigenvalue weighted by Gasteiger charge is -2.18. The molecule has 0 aliphatic heterocycles. The van der Waals surface area contributed by atoms with E-state index in [-0.39, 0.29) is 30.1 Å². The number of aliphatic imine (C=N–C) groups is 1. The number of guanidine groups is 1. The molecular formula is C18H27IN4O2. The lowest BCUT2D eigenvalue weighted by atomic mass is 10.3. The normalized spacial score (nSPS) is 12.0. The van der Waals surface area contributed by atoms with Crippen molar-refractivity contribution in [2.75, 3.05) is 27.2 Å². The van der Waals surface area contributed by atoms with Crippen LogP contribution >= 0.6 is 24.0 Å². The van der Waals surface area contributed by atoms with Crippen molar-refractivity contribution in [3.8, 4) is 11.5 Å². The molecule has 0 aliphatic rings. The monoisotopic (exact) mass is 458 g/mol. The topological polar surface area (TPSA) is 59.8 Å². The summed E-state index contributed by atoms with van der Waals surface area (Å²) < 4.78 is 13.1. The molecule has 0 aliphatic carbocycles. The Morgan fingerprint density at radius 1 is 1.12 bits per heavy atom. The molecule has 1 atom stereocenters. The van der Waals surface area contributed by atoms with Crippen LogP contribution < -0.4 is 20.1 Å². The summed E-state index contributed by atoms with van der Waals surface area (Å²) in [6.07, 6.45) is 4.10. The van der Waals surface area contributed by atoms with Gasteiger partial charge in [0.2, 0.25) is 0 Å². The zero-order valence-electron chi connectivity index (χ0n) is 14.9. The van der Waals surface area contributed by atoms with Gasteiger partial charge >= 0.3 is 0 Å². The van der Waals surface area contributed by atoms with E-state index in [1.165, 1.54) is 0 Å². The van der Waals surface area contributed by atoms with E-state index in [0.717, 1.165) is 30.5 Å². The Kier molecular flexibility index (Phi) is 9.83. The van der Waals surface area contributed by atoms with Crippen LogP contribution in [0.4, 0.5) is 0 Å². The Morgan fingerprint density at radius 3 is 2.36 bits per heavy atom. The second-order valence-electron chi connectivity index (χ2n) is 5.40. The molecule has 2 aromatic rings. The molecule has 0 spiro atoms. The third-order valence-electron chi connectivity index (χ3n) is 3.51. The van der Waals surface area contributed by atoms with Crippen LogP contribution in [0.3, 0.4) is 0 Å². The van der Waals surface area contributed by atoms with E-state index in [1.54, 1.807) is 14.2 Å². The summed E-state index contributed by atoms with van der Waals surface area (Å²) in [6.45, 7) is 4.38. The molecule has 25 heavy (non-hydrogen) atoms. The van der Waals surface area contributed by atoms with Crippen LogP contribution in [-0.4, -0.2) is 43.9 Å². The van der Waals surface area contributed by atoms with Crippen molar-refractivity contribution in [3.05, 3.63) is 48.8 Å². The molecule has 0 fully saturated rings. The molecular weight excluding hydrogens is 431 g/mol. The van der Waals surface area contributed by atoms with Gasteiger partial charge in [-0.15, -0.1) is 24.0 Å². The molecule has 138 valence electrons. The highest BCUT2D eigenvalue weighted by molar-refractivity contribution is 14.0. The van der Waals surface area contributed by atoms with Crippen LogP contribution in [0.25, 0.3) is 0 Å². The number of nitrogens with one attached hydrogen (secondary N) is 2. The smallest absolute Gasteiger partial charge is 0.191 e. The van der Waals surface area contributed by atoms with E-state index in [4.69, 9.17) is 9.47 Å². The molecule has 0 saturated heterocycles. The van der Waals surface area contributed by atoms with Gasteiger partial charge in [0.25, 0.3) is 0 Å². The Morgan fingerprint density at radius 2 is 1.76 bits per heavy atom. The van der Waals surface area contributed by atoms with Crippen LogP contribution in [-0.2, 0) is 6.54 Å². The van der Waals surface area contributed by atoms with E-state index in [2.05, 4.69) is 20.2 Å². The van der Waals surface area contributed by atoms with Crippen molar-refractivity contribution in [2.24, 2.45) is 4.99 Å². The van der Waals surface area contributed by atoms with Crippen molar-refractivity contribution in [2.45, 2.75) is 19.6 Å². The molecule has 1 unspecified atom stereocenters. The second-order valence-corrected chi connectivity index (χ2v) is 5.40. The van der Waals surface area contributed by atoms with Gasteiger partial charge in [-0.2, -0.15) is 0 Å². The minimum Gasteiger partial charge on any atom is -0.497 e. The van der Waals surface area contributed by atoms with Crippen LogP contribution in [0.1, 0.15) is 6.92 Å². The molecule has 1 heterocycles. The highest BCUT2D eigenvalue weighted by Crippen LogP contribution is 2.17. The second kappa shape index (κ2) is 11.6. The third kappa shape index (κ3) is 7.68. The largest absolute Gasteiger partial charge is 0.497 e. The molecule has 0 radical (unpaired) electrons. The third-order valence-corrected chi connectivity index (χ3v) is 3.51. The first-order chi connectivity index (χ1) is 11.7. The molecule has 6 nitrogen and oxygen atoms in total. The fourth-order valence-electron chi connectivity index (χ4n) is 2.21. The Bertz CT molecular complexity index is 615. The van der Waals surface area contributed by atoms with Crippen molar-refractivity contribution in [1.82, 2.24) is 15.2 Å². The first-order valence-electron chi connectivity index (χ1n) is 8.07. The lowest BCUT2D eigenvalue weighted by Crippen LogP contribution is -2.42. The van der Waals surface area contributed by atoms with Gasteiger partial charge in [0, 0.05) is 32.5 Å². The number of rotatable bonds is 8. The molecule has 0 amide bonds. The van der Waals surface area contributed by atoms with Gasteiger partial charge in [0.15, 0.2) is 5.96 Å². The van der Waals surface area contributed by atoms with Gasteiger partial charge in [-0.1, -0.05) is 0 Å². The van der Waals surface area contributed by atoms with Gasteiger partial charge in [-0.05, 0) is 43.3 Å². The zero-order valence-corrected chi connectivity index (χ0v) is 17.3. The Balaban J connectivity index is 0.00000312. The van der Waals surface area contributed by atoms with E-state index in [9.17, 15) is 0 Å². The van der Waals surface area contributed by atoms with Gasteiger partial charge in [-0.25, -0.2) is 0 Å². The van der Waals surface area contributed by atoms with E-state index in [1.807, 2.05) is 55.7 Å². The summed E-state index contributed by atoms with van der Waals surface area (Å²) >= 11 is 0. The number of hydrogen-bond acceptors (Lipinski definition) is 3. The van der Waals surface area contributed by atoms with Gasteiger partial charge in [-0.3, -0.25) is 4.99 Å². The number of aromatic nitrogens is 1. The quantitative estimate of drug-likeness (QED) is 0.363. The molecule has 7 heteroatoms. The molecule has 0 bridgehead atoms.